The summed E-state index contributed by atoms with van der Waals surface area (Å²) >= 11 is 0. The van der Waals surface area contributed by atoms with Crippen molar-refractivity contribution in [3.8, 4) is 6.07 Å². The molecule has 6 heteroatoms. The van der Waals surface area contributed by atoms with Gasteiger partial charge in [-0.05, 0) is 23.8 Å². The Hall–Kier alpha value is -2.23. The van der Waals surface area contributed by atoms with Crippen LogP contribution >= 0.6 is 0 Å². The predicted molar refractivity (Wildman–Crippen MR) is 74.8 cm³/mol. The molecule has 6 nitrogen and oxygen atoms in total. The van der Waals surface area contributed by atoms with E-state index in [0.29, 0.717) is 26.1 Å². The zero-order chi connectivity index (χ0) is 14.4. The molecule has 1 aliphatic heterocycles. The van der Waals surface area contributed by atoms with E-state index in [0.717, 1.165) is 5.56 Å². The number of amides is 1. The van der Waals surface area contributed by atoms with Gasteiger partial charge >= 0.3 is 0 Å². The smallest absolute Gasteiger partial charge is 0.246 e. The normalized spacial score (nSPS) is 20.0. The predicted octanol–water partition coefficient (Wildman–Crippen LogP) is 0.395. The van der Waals surface area contributed by atoms with Gasteiger partial charge in [-0.15, -0.1) is 0 Å². The Labute approximate surface area is 118 Å². The number of piperazine rings is 1. The monoisotopic (exact) mass is 271 g/mol. The number of hydrogen-bond acceptors (Lipinski definition) is 5. The van der Waals surface area contributed by atoms with Gasteiger partial charge in [-0.3, -0.25) is 15.6 Å². The Bertz CT molecular complexity index is 522. The second-order valence-electron chi connectivity index (χ2n) is 4.66. The van der Waals surface area contributed by atoms with Gasteiger partial charge in [0.05, 0.1) is 18.5 Å². The van der Waals surface area contributed by atoms with Gasteiger partial charge in [-0.1, -0.05) is 0 Å². The summed E-state index contributed by atoms with van der Waals surface area (Å²) in [6, 6.07) is 5.62. The molecule has 0 aliphatic carbocycles. The molecule has 1 aliphatic rings. The third-order valence-electron chi connectivity index (χ3n) is 3.25. The molecule has 104 valence electrons. The highest BCUT2D eigenvalue weighted by Gasteiger charge is 2.27. The first-order chi connectivity index (χ1) is 9.70. The number of carbonyl (C=O) groups excluding carboxylic acids is 1. The third-order valence-corrected chi connectivity index (χ3v) is 3.25. The van der Waals surface area contributed by atoms with E-state index < -0.39 is 0 Å². The molecule has 0 bridgehead atoms. The minimum atomic E-state index is -0.145. The van der Waals surface area contributed by atoms with Gasteiger partial charge in [0.2, 0.25) is 5.91 Å². The number of nitrogens with zero attached hydrogens (tertiary/aromatic N) is 4. The van der Waals surface area contributed by atoms with Crippen LogP contribution < -0.4 is 5.84 Å². The van der Waals surface area contributed by atoms with E-state index in [9.17, 15) is 4.79 Å². The van der Waals surface area contributed by atoms with Crippen molar-refractivity contribution in [3.05, 3.63) is 36.2 Å². The first kappa shape index (κ1) is 14.2. The van der Waals surface area contributed by atoms with Crippen LogP contribution in [0.3, 0.4) is 0 Å². The maximum atomic E-state index is 12.2. The molecule has 20 heavy (non-hydrogen) atoms. The number of aromatic nitrogens is 1. The second-order valence-corrected chi connectivity index (χ2v) is 4.66. The number of rotatable bonds is 3. The van der Waals surface area contributed by atoms with Gasteiger partial charge < -0.3 is 4.90 Å². The van der Waals surface area contributed by atoms with Crippen molar-refractivity contribution < 1.29 is 4.79 Å². The topological polar surface area (TPSA) is 86.2 Å². The summed E-state index contributed by atoms with van der Waals surface area (Å²) in [5.74, 6) is 5.66. The minimum Gasteiger partial charge on any atom is -0.332 e. The highest BCUT2D eigenvalue weighted by atomic mass is 16.2. The number of pyridine rings is 1. The molecule has 0 saturated carbocycles. The molecule has 2 heterocycles. The molecule has 1 aromatic rings. The summed E-state index contributed by atoms with van der Waals surface area (Å²) in [7, 11) is 0. The van der Waals surface area contributed by atoms with Crippen LogP contribution in [0.1, 0.15) is 12.0 Å². The van der Waals surface area contributed by atoms with Crippen LogP contribution in [0.25, 0.3) is 6.08 Å². The molecule has 1 saturated heterocycles. The molecular weight excluding hydrogens is 254 g/mol. The van der Waals surface area contributed by atoms with Gasteiger partial charge in [-0.2, -0.15) is 5.26 Å². The van der Waals surface area contributed by atoms with Crippen LogP contribution in [-0.4, -0.2) is 46.5 Å². The zero-order valence-corrected chi connectivity index (χ0v) is 11.1. The summed E-state index contributed by atoms with van der Waals surface area (Å²) in [4.78, 5) is 17.9. The maximum Gasteiger partial charge on any atom is 0.246 e. The Morgan fingerprint density at radius 3 is 2.95 bits per heavy atom. The number of hydrazine groups is 1. The van der Waals surface area contributed by atoms with E-state index in [1.54, 1.807) is 28.4 Å². The average Bonchev–Trinajstić information content (AvgIpc) is 2.46. The first-order valence-corrected chi connectivity index (χ1v) is 6.46. The van der Waals surface area contributed by atoms with Crippen LogP contribution in [0, 0.1) is 11.3 Å². The molecule has 1 fully saturated rings. The van der Waals surface area contributed by atoms with Crippen LogP contribution in [0.2, 0.25) is 0 Å². The van der Waals surface area contributed by atoms with Gasteiger partial charge in [-0.25, -0.2) is 5.01 Å². The average molecular weight is 271 g/mol. The van der Waals surface area contributed by atoms with Crippen molar-refractivity contribution in [2.45, 2.75) is 12.5 Å². The lowest BCUT2D eigenvalue weighted by atomic mass is 10.1. The van der Waals surface area contributed by atoms with E-state index in [2.05, 4.69) is 11.1 Å². The van der Waals surface area contributed by atoms with Gasteiger partial charge in [0, 0.05) is 38.1 Å². The highest BCUT2D eigenvalue weighted by molar-refractivity contribution is 5.92. The molecular formula is C14H17N5O. The Morgan fingerprint density at radius 2 is 2.25 bits per heavy atom. The summed E-state index contributed by atoms with van der Waals surface area (Å²) in [6.07, 6.45) is 6.93. The molecule has 0 spiro atoms. The van der Waals surface area contributed by atoms with E-state index >= 15 is 0 Å². The lowest BCUT2D eigenvalue weighted by Crippen LogP contribution is -2.56. The van der Waals surface area contributed by atoms with E-state index in [4.69, 9.17) is 11.1 Å². The van der Waals surface area contributed by atoms with Gasteiger partial charge in [0.1, 0.15) is 0 Å². The van der Waals surface area contributed by atoms with Crippen LogP contribution in [-0.2, 0) is 4.79 Å². The largest absolute Gasteiger partial charge is 0.332 e. The number of nitrogens with two attached hydrogens (primary N) is 1. The minimum absolute atomic E-state index is 0.0878. The van der Waals surface area contributed by atoms with E-state index in [-0.39, 0.29) is 11.9 Å². The lowest BCUT2D eigenvalue weighted by Gasteiger charge is -2.38. The van der Waals surface area contributed by atoms with Crippen molar-refractivity contribution >= 4 is 12.0 Å². The maximum absolute atomic E-state index is 12.2. The summed E-state index contributed by atoms with van der Waals surface area (Å²) in [6.45, 7) is 1.70. The Kier molecular flexibility index (Phi) is 4.82. The number of hydrogen-bond donors (Lipinski definition) is 1. The third kappa shape index (κ3) is 3.63. The van der Waals surface area contributed by atoms with Gasteiger partial charge in [0.15, 0.2) is 0 Å². The molecule has 0 aromatic carbocycles. The zero-order valence-electron chi connectivity index (χ0n) is 11.1. The number of nitriles is 1. The van der Waals surface area contributed by atoms with Crippen LogP contribution in [0.15, 0.2) is 30.6 Å². The van der Waals surface area contributed by atoms with Crippen molar-refractivity contribution in [3.63, 3.8) is 0 Å². The Morgan fingerprint density at radius 1 is 1.50 bits per heavy atom. The molecule has 2 rings (SSSR count). The molecule has 1 atom stereocenters. The SMILES string of the molecule is N#CC[C@H]1CN(N)CCN1C(=O)/C=C/c1ccncc1. The van der Waals surface area contributed by atoms with Crippen LogP contribution in [0.4, 0.5) is 0 Å². The fourth-order valence-corrected chi connectivity index (χ4v) is 2.19. The second kappa shape index (κ2) is 6.80. The molecule has 1 amide bonds. The summed E-state index contributed by atoms with van der Waals surface area (Å²) in [5, 5.41) is 10.5. The van der Waals surface area contributed by atoms with E-state index in [1.165, 1.54) is 6.08 Å². The van der Waals surface area contributed by atoms with Crippen LogP contribution in [0.5, 0.6) is 0 Å². The van der Waals surface area contributed by atoms with Gasteiger partial charge in [0.25, 0.3) is 0 Å². The highest BCUT2D eigenvalue weighted by Crippen LogP contribution is 2.12. The van der Waals surface area contributed by atoms with Crippen molar-refractivity contribution in [2.75, 3.05) is 19.6 Å². The summed E-state index contributed by atoms with van der Waals surface area (Å²) in [5.41, 5.74) is 0.919. The quantitative estimate of drug-likeness (QED) is 0.635. The summed E-state index contributed by atoms with van der Waals surface area (Å²) < 4.78 is 0. The molecule has 2 N–H and O–H groups in total. The standard InChI is InChI=1S/C14H17N5O/c15-6-3-13-11-18(16)9-10-19(13)14(20)2-1-12-4-7-17-8-5-12/h1-2,4-5,7-8,13H,3,9-11,16H2/b2-1+/t13-/m0/s1. The number of carbonyl (C=O) groups is 1. The lowest BCUT2D eigenvalue weighted by molar-refractivity contribution is -0.130. The molecule has 0 radical (unpaired) electrons. The van der Waals surface area contributed by atoms with E-state index in [1.807, 2.05) is 12.1 Å². The first-order valence-electron chi connectivity index (χ1n) is 6.46. The Balaban J connectivity index is 2.03. The fourth-order valence-electron chi connectivity index (χ4n) is 2.19. The van der Waals surface area contributed by atoms with Crippen molar-refractivity contribution in [1.82, 2.24) is 14.9 Å². The fraction of sp³-hybridized carbons (Fsp3) is 0.357. The van der Waals surface area contributed by atoms with Crippen molar-refractivity contribution in [1.29, 1.82) is 5.26 Å². The molecule has 1 aromatic heterocycles. The van der Waals surface area contributed by atoms with Crippen molar-refractivity contribution in [2.24, 2.45) is 5.84 Å². The molecule has 0 unspecified atom stereocenters.